The van der Waals surface area contributed by atoms with E-state index in [1.165, 1.54) is 18.3 Å². The third kappa shape index (κ3) is 2.67. The van der Waals surface area contributed by atoms with Crippen molar-refractivity contribution in [3.63, 3.8) is 0 Å². The first kappa shape index (κ1) is 12.6. The van der Waals surface area contributed by atoms with Gasteiger partial charge in [-0.05, 0) is 18.2 Å². The lowest BCUT2D eigenvalue weighted by Gasteiger charge is -2.10. The third-order valence-corrected chi connectivity index (χ3v) is 2.31. The molecule has 96 valence electrons. The van der Waals surface area contributed by atoms with Gasteiger partial charge in [-0.3, -0.25) is 0 Å². The van der Waals surface area contributed by atoms with E-state index in [0.717, 1.165) is 6.07 Å². The van der Waals surface area contributed by atoms with E-state index >= 15 is 0 Å². The van der Waals surface area contributed by atoms with Crippen LogP contribution in [0.25, 0.3) is 11.3 Å². The van der Waals surface area contributed by atoms with Gasteiger partial charge in [-0.15, -0.1) is 13.2 Å². The summed E-state index contributed by atoms with van der Waals surface area (Å²) in [6.07, 6.45) is -3.51. The molecule has 0 saturated carbocycles. The lowest BCUT2D eigenvalue weighted by molar-refractivity contribution is -0.274. The number of ether oxygens (including phenoxy) is 1. The summed E-state index contributed by atoms with van der Waals surface area (Å²) in [5.74, 6) is -0.263. The Morgan fingerprint density at radius 1 is 1.33 bits per heavy atom. The minimum absolute atomic E-state index is 0.208. The predicted molar refractivity (Wildman–Crippen MR) is 58.0 cm³/mol. The van der Waals surface area contributed by atoms with Crippen molar-refractivity contribution in [3.8, 4) is 17.1 Å². The van der Waals surface area contributed by atoms with Gasteiger partial charge in [-0.25, -0.2) is 0 Å². The maximum absolute atomic E-state index is 12.0. The molecule has 0 unspecified atom stereocenters. The van der Waals surface area contributed by atoms with Gasteiger partial charge in [0.1, 0.15) is 11.4 Å². The summed E-state index contributed by atoms with van der Waals surface area (Å²) in [6.45, 7) is 0. The SMILES string of the molecule is Nc1cnoc1-c1ccc(OC(F)(F)F)c(Cl)c1. The van der Waals surface area contributed by atoms with E-state index in [1.807, 2.05) is 0 Å². The topological polar surface area (TPSA) is 61.3 Å². The van der Waals surface area contributed by atoms with Gasteiger partial charge in [-0.2, -0.15) is 0 Å². The van der Waals surface area contributed by atoms with Crippen molar-refractivity contribution in [1.29, 1.82) is 0 Å². The quantitative estimate of drug-likeness (QED) is 0.913. The second kappa shape index (κ2) is 4.41. The van der Waals surface area contributed by atoms with E-state index in [0.29, 0.717) is 5.56 Å². The van der Waals surface area contributed by atoms with Crippen LogP contribution in [-0.4, -0.2) is 11.5 Å². The molecule has 0 spiro atoms. The fourth-order valence-electron chi connectivity index (χ4n) is 1.32. The van der Waals surface area contributed by atoms with Gasteiger partial charge in [0.25, 0.3) is 0 Å². The molecular formula is C10H6ClF3N2O2. The molecule has 0 amide bonds. The van der Waals surface area contributed by atoms with E-state index in [2.05, 4.69) is 9.89 Å². The van der Waals surface area contributed by atoms with Crippen LogP contribution in [0.5, 0.6) is 5.75 Å². The smallest absolute Gasteiger partial charge is 0.404 e. The zero-order valence-electron chi connectivity index (χ0n) is 8.66. The van der Waals surface area contributed by atoms with E-state index < -0.39 is 12.1 Å². The largest absolute Gasteiger partial charge is 0.573 e. The average Bonchev–Trinajstić information content (AvgIpc) is 2.66. The first-order valence-corrected chi connectivity index (χ1v) is 5.00. The maximum atomic E-state index is 12.0. The summed E-state index contributed by atoms with van der Waals surface area (Å²) < 4.78 is 44.7. The fraction of sp³-hybridized carbons (Fsp3) is 0.100. The minimum Gasteiger partial charge on any atom is -0.404 e. The Bertz CT molecular complexity index is 568. The Labute approximate surface area is 104 Å². The molecule has 0 radical (unpaired) electrons. The average molecular weight is 279 g/mol. The molecule has 0 aliphatic rings. The molecule has 2 rings (SSSR count). The van der Waals surface area contributed by atoms with Crippen molar-refractivity contribution in [2.75, 3.05) is 5.73 Å². The van der Waals surface area contributed by atoms with E-state index in [1.54, 1.807) is 0 Å². The Morgan fingerprint density at radius 2 is 2.06 bits per heavy atom. The van der Waals surface area contributed by atoms with Crippen LogP contribution in [0.15, 0.2) is 28.9 Å². The highest BCUT2D eigenvalue weighted by atomic mass is 35.5. The number of hydrogen-bond donors (Lipinski definition) is 1. The first-order chi connectivity index (χ1) is 8.37. The van der Waals surface area contributed by atoms with Crippen LogP contribution in [0.1, 0.15) is 0 Å². The van der Waals surface area contributed by atoms with Gasteiger partial charge in [0.05, 0.1) is 11.2 Å². The Balaban J connectivity index is 2.34. The van der Waals surface area contributed by atoms with Crippen molar-refractivity contribution >= 4 is 17.3 Å². The molecule has 0 atom stereocenters. The molecule has 8 heteroatoms. The van der Waals surface area contributed by atoms with Crippen molar-refractivity contribution in [2.24, 2.45) is 0 Å². The van der Waals surface area contributed by atoms with Crippen LogP contribution in [0.3, 0.4) is 0 Å². The molecule has 2 N–H and O–H groups in total. The summed E-state index contributed by atoms with van der Waals surface area (Å²) in [7, 11) is 0. The van der Waals surface area contributed by atoms with Gasteiger partial charge < -0.3 is 15.0 Å². The van der Waals surface area contributed by atoms with Gasteiger partial charge in [0.2, 0.25) is 0 Å². The van der Waals surface area contributed by atoms with Crippen LogP contribution in [-0.2, 0) is 0 Å². The molecule has 0 saturated heterocycles. The molecule has 0 aliphatic carbocycles. The van der Waals surface area contributed by atoms with Crippen molar-refractivity contribution < 1.29 is 22.4 Å². The molecule has 1 aromatic heterocycles. The Hall–Kier alpha value is -1.89. The first-order valence-electron chi connectivity index (χ1n) is 4.62. The highest BCUT2D eigenvalue weighted by molar-refractivity contribution is 6.32. The predicted octanol–water partition coefficient (Wildman–Crippen LogP) is 3.48. The number of anilines is 1. The van der Waals surface area contributed by atoms with Crippen molar-refractivity contribution in [1.82, 2.24) is 5.16 Å². The van der Waals surface area contributed by atoms with Crippen LogP contribution in [0.4, 0.5) is 18.9 Å². The van der Waals surface area contributed by atoms with Gasteiger partial charge in [0, 0.05) is 5.56 Å². The maximum Gasteiger partial charge on any atom is 0.573 e. The second-order valence-electron chi connectivity index (χ2n) is 3.30. The number of nitrogens with two attached hydrogens (primary N) is 1. The highest BCUT2D eigenvalue weighted by Crippen LogP contribution is 2.35. The lowest BCUT2D eigenvalue weighted by atomic mass is 10.1. The van der Waals surface area contributed by atoms with Gasteiger partial charge in [-0.1, -0.05) is 16.8 Å². The highest BCUT2D eigenvalue weighted by Gasteiger charge is 2.32. The zero-order chi connectivity index (χ0) is 13.3. The Morgan fingerprint density at radius 3 is 2.56 bits per heavy atom. The number of benzene rings is 1. The number of nitrogens with zero attached hydrogens (tertiary/aromatic N) is 1. The lowest BCUT2D eigenvalue weighted by Crippen LogP contribution is -2.17. The second-order valence-corrected chi connectivity index (χ2v) is 3.71. The van der Waals surface area contributed by atoms with Gasteiger partial charge in [0.15, 0.2) is 5.76 Å². The van der Waals surface area contributed by atoms with E-state index in [-0.39, 0.29) is 16.5 Å². The summed E-state index contributed by atoms with van der Waals surface area (Å²) in [5, 5.41) is 3.25. The number of aromatic nitrogens is 1. The molecule has 0 fully saturated rings. The van der Waals surface area contributed by atoms with Crippen LogP contribution >= 0.6 is 11.6 Å². The van der Waals surface area contributed by atoms with Crippen LogP contribution < -0.4 is 10.5 Å². The molecule has 1 aromatic carbocycles. The number of rotatable bonds is 2. The number of alkyl halides is 3. The third-order valence-electron chi connectivity index (χ3n) is 2.02. The summed E-state index contributed by atoms with van der Waals surface area (Å²) in [4.78, 5) is 0. The molecule has 4 nitrogen and oxygen atoms in total. The molecule has 0 bridgehead atoms. The van der Waals surface area contributed by atoms with E-state index in [9.17, 15) is 13.2 Å². The number of hydrogen-bond acceptors (Lipinski definition) is 4. The number of halogens is 4. The number of nitrogen functional groups attached to an aromatic ring is 1. The Kier molecular flexibility index (Phi) is 3.08. The normalized spacial score (nSPS) is 11.6. The summed E-state index contributed by atoms with van der Waals surface area (Å²) in [6, 6.07) is 3.66. The standard InChI is InChI=1S/C10H6ClF3N2O2/c11-6-3-5(9-7(15)4-16-18-9)1-2-8(6)17-10(12,13)14/h1-4H,15H2. The molecular weight excluding hydrogens is 273 g/mol. The van der Waals surface area contributed by atoms with Gasteiger partial charge >= 0.3 is 6.36 Å². The minimum atomic E-state index is -4.80. The molecule has 1 heterocycles. The molecule has 2 aromatic rings. The van der Waals surface area contributed by atoms with E-state index in [4.69, 9.17) is 21.9 Å². The molecule has 0 aliphatic heterocycles. The van der Waals surface area contributed by atoms with Crippen LogP contribution in [0.2, 0.25) is 5.02 Å². The van der Waals surface area contributed by atoms with Crippen molar-refractivity contribution in [2.45, 2.75) is 6.36 Å². The summed E-state index contributed by atoms with van der Waals surface area (Å²) >= 11 is 5.68. The monoisotopic (exact) mass is 278 g/mol. The summed E-state index contributed by atoms with van der Waals surface area (Å²) in [5.41, 5.74) is 6.22. The van der Waals surface area contributed by atoms with Crippen LogP contribution in [0, 0.1) is 0 Å². The van der Waals surface area contributed by atoms with Crippen molar-refractivity contribution in [3.05, 3.63) is 29.4 Å². The zero-order valence-corrected chi connectivity index (χ0v) is 9.42. The fourth-order valence-corrected chi connectivity index (χ4v) is 1.54. The molecule has 18 heavy (non-hydrogen) atoms.